The number of aromatic nitrogens is 3. The highest BCUT2D eigenvalue weighted by Crippen LogP contribution is 2.26. The number of nitrogens with zero attached hydrogens (tertiary/aromatic N) is 5. The number of amides is 2. The Labute approximate surface area is 214 Å². The van der Waals surface area contributed by atoms with Crippen LogP contribution in [0, 0.1) is 17.2 Å². The molecule has 9 nitrogen and oxygen atoms in total. The number of carbonyl (C=O) groups excluding carboxylic acids is 2. The van der Waals surface area contributed by atoms with Crippen LogP contribution >= 0.6 is 11.3 Å². The molecule has 0 aliphatic carbocycles. The molecule has 0 unspecified atom stereocenters. The van der Waals surface area contributed by atoms with Crippen LogP contribution in [0.25, 0.3) is 0 Å². The number of hydrogen-bond donors (Lipinski definition) is 1. The van der Waals surface area contributed by atoms with E-state index in [4.69, 9.17) is 10.00 Å². The lowest BCUT2D eigenvalue weighted by molar-refractivity contribution is -0.120. The third kappa shape index (κ3) is 7.23. The van der Waals surface area contributed by atoms with Crippen LogP contribution in [0.1, 0.15) is 46.5 Å². The Bertz CT molecular complexity index is 1160. The summed E-state index contributed by atoms with van der Waals surface area (Å²) in [5, 5.41) is 12.5. The van der Waals surface area contributed by atoms with Gasteiger partial charge in [0.25, 0.3) is 5.91 Å². The summed E-state index contributed by atoms with van der Waals surface area (Å²) in [5.41, 5.74) is 1.64. The molecule has 0 saturated carbocycles. The number of ether oxygens (including phenoxy) is 1. The van der Waals surface area contributed by atoms with E-state index in [2.05, 4.69) is 21.4 Å². The summed E-state index contributed by atoms with van der Waals surface area (Å²) >= 11 is 1.24. The fourth-order valence-electron chi connectivity index (χ4n) is 4.09. The Morgan fingerprint density at radius 3 is 2.78 bits per heavy atom. The quantitative estimate of drug-likeness (QED) is 0.399. The summed E-state index contributed by atoms with van der Waals surface area (Å²) in [6.45, 7) is 3.14. The lowest BCUT2D eigenvalue weighted by Gasteiger charge is -2.25. The van der Waals surface area contributed by atoms with Crippen LogP contribution in [0.5, 0.6) is 0 Å². The molecule has 0 bridgehead atoms. The molecule has 1 N–H and O–H groups in total. The van der Waals surface area contributed by atoms with E-state index in [0.29, 0.717) is 60.6 Å². The third-order valence-electron chi connectivity index (χ3n) is 6.20. The van der Waals surface area contributed by atoms with Crippen molar-refractivity contribution >= 4 is 28.3 Å². The highest BCUT2D eigenvalue weighted by molar-refractivity contribution is 7.17. The van der Waals surface area contributed by atoms with Crippen molar-refractivity contribution in [1.82, 2.24) is 19.9 Å². The molecule has 1 aliphatic rings. The lowest BCUT2D eigenvalue weighted by Crippen LogP contribution is -2.35. The molecule has 2 amide bonds. The highest BCUT2D eigenvalue weighted by atomic mass is 32.1. The molecule has 2 aromatic heterocycles. The number of carbonyl (C=O) groups is 2. The van der Waals surface area contributed by atoms with E-state index in [1.54, 1.807) is 35.8 Å². The highest BCUT2D eigenvalue weighted by Gasteiger charge is 2.25. The van der Waals surface area contributed by atoms with Gasteiger partial charge in [-0.1, -0.05) is 23.5 Å². The summed E-state index contributed by atoms with van der Waals surface area (Å²) in [6.07, 6.45) is 10.5. The minimum absolute atomic E-state index is 0.0113. The second-order valence-electron chi connectivity index (χ2n) is 8.78. The van der Waals surface area contributed by atoms with Crippen molar-refractivity contribution in [3.8, 4) is 6.07 Å². The van der Waals surface area contributed by atoms with E-state index in [1.165, 1.54) is 11.3 Å². The van der Waals surface area contributed by atoms with E-state index < -0.39 is 0 Å². The maximum Gasteiger partial charge on any atom is 0.263 e. The van der Waals surface area contributed by atoms with Gasteiger partial charge in [-0.05, 0) is 49.3 Å². The molecule has 1 saturated heterocycles. The van der Waals surface area contributed by atoms with Crippen LogP contribution in [-0.2, 0) is 22.5 Å². The van der Waals surface area contributed by atoms with Gasteiger partial charge in [0.05, 0.1) is 24.2 Å². The number of rotatable bonds is 11. The Balaban J connectivity index is 1.38. The van der Waals surface area contributed by atoms with Gasteiger partial charge in [0.2, 0.25) is 5.91 Å². The van der Waals surface area contributed by atoms with Gasteiger partial charge in [-0.25, -0.2) is 9.97 Å². The van der Waals surface area contributed by atoms with Crippen LogP contribution in [0.2, 0.25) is 0 Å². The van der Waals surface area contributed by atoms with E-state index in [0.717, 1.165) is 31.4 Å². The molecule has 0 spiro atoms. The molecule has 10 heteroatoms. The largest absolute Gasteiger partial charge is 0.381 e. The Hall–Kier alpha value is -3.55. The summed E-state index contributed by atoms with van der Waals surface area (Å²) in [6, 6.07) is 9.50. The summed E-state index contributed by atoms with van der Waals surface area (Å²) in [7, 11) is 0. The maximum atomic E-state index is 13.3. The number of nitrogens with one attached hydrogen (secondary N) is 1. The van der Waals surface area contributed by atoms with Gasteiger partial charge in [0, 0.05) is 51.7 Å². The van der Waals surface area contributed by atoms with Gasteiger partial charge in [-0.3, -0.25) is 14.5 Å². The molecule has 188 valence electrons. The van der Waals surface area contributed by atoms with Crippen LogP contribution in [0.3, 0.4) is 0 Å². The predicted molar refractivity (Wildman–Crippen MR) is 137 cm³/mol. The van der Waals surface area contributed by atoms with Gasteiger partial charge in [0.15, 0.2) is 5.13 Å². The van der Waals surface area contributed by atoms with Crippen molar-refractivity contribution in [3.63, 3.8) is 0 Å². The predicted octanol–water partition coefficient (Wildman–Crippen LogP) is 3.42. The fraction of sp³-hybridized carbons (Fsp3) is 0.423. The van der Waals surface area contributed by atoms with E-state index in [1.807, 2.05) is 22.9 Å². The number of thiazole rings is 1. The van der Waals surface area contributed by atoms with E-state index >= 15 is 0 Å². The van der Waals surface area contributed by atoms with Gasteiger partial charge >= 0.3 is 0 Å². The van der Waals surface area contributed by atoms with Crippen molar-refractivity contribution < 1.29 is 14.3 Å². The molecule has 1 aliphatic heterocycles. The van der Waals surface area contributed by atoms with E-state index in [9.17, 15) is 9.59 Å². The molecule has 3 aromatic rings. The van der Waals surface area contributed by atoms with Crippen molar-refractivity contribution in [2.75, 3.05) is 31.2 Å². The zero-order chi connectivity index (χ0) is 25.2. The molecule has 4 rings (SSSR count). The summed E-state index contributed by atoms with van der Waals surface area (Å²) in [4.78, 5) is 36.6. The Morgan fingerprint density at radius 1 is 1.25 bits per heavy atom. The van der Waals surface area contributed by atoms with Crippen LogP contribution in [0.15, 0.2) is 49.2 Å². The van der Waals surface area contributed by atoms with E-state index in [-0.39, 0.29) is 11.8 Å². The lowest BCUT2D eigenvalue weighted by atomic mass is 9.96. The van der Waals surface area contributed by atoms with Gasteiger partial charge < -0.3 is 14.6 Å². The monoisotopic (exact) mass is 506 g/mol. The first-order chi connectivity index (χ1) is 17.6. The van der Waals surface area contributed by atoms with Gasteiger partial charge in [-0.15, -0.1) is 0 Å². The average Bonchev–Trinajstić information content (AvgIpc) is 3.60. The molecule has 0 radical (unpaired) electrons. The fourth-order valence-corrected chi connectivity index (χ4v) is 4.96. The first-order valence-corrected chi connectivity index (χ1v) is 13.0. The number of anilines is 1. The molecule has 1 fully saturated rings. The number of nitriles is 1. The standard InChI is InChI=1S/C26H30N6O3S/c27-17-22-4-2-20(3-5-22)6-12-32(24(33)16-21-7-14-35-15-8-21)26-30-18-23(36-26)25(34)29-9-1-11-31-13-10-28-19-31/h2-5,10,13,18-19,21H,1,6-9,11-12,14-16H2,(H,29,34). The Morgan fingerprint density at radius 2 is 2.06 bits per heavy atom. The summed E-state index contributed by atoms with van der Waals surface area (Å²) < 4.78 is 7.40. The molecule has 36 heavy (non-hydrogen) atoms. The molecular formula is C26H30N6O3S. The van der Waals surface area contributed by atoms with Crippen molar-refractivity contribution in [2.45, 2.75) is 38.6 Å². The minimum Gasteiger partial charge on any atom is -0.381 e. The zero-order valence-electron chi connectivity index (χ0n) is 20.1. The third-order valence-corrected chi connectivity index (χ3v) is 7.22. The van der Waals surface area contributed by atoms with Crippen molar-refractivity contribution in [1.29, 1.82) is 5.26 Å². The number of aryl methyl sites for hydroxylation is 1. The minimum atomic E-state index is -0.187. The molecular weight excluding hydrogens is 476 g/mol. The smallest absolute Gasteiger partial charge is 0.263 e. The molecule has 0 atom stereocenters. The Kier molecular flexibility index (Phi) is 9.19. The molecule has 3 heterocycles. The first-order valence-electron chi connectivity index (χ1n) is 12.2. The topological polar surface area (TPSA) is 113 Å². The van der Waals surface area contributed by atoms with Crippen LogP contribution < -0.4 is 10.2 Å². The van der Waals surface area contributed by atoms with Crippen LogP contribution in [0.4, 0.5) is 5.13 Å². The van der Waals surface area contributed by atoms with Gasteiger partial charge in [-0.2, -0.15) is 5.26 Å². The first kappa shape index (κ1) is 25.5. The normalized spacial score (nSPS) is 13.8. The second-order valence-corrected chi connectivity index (χ2v) is 9.79. The van der Waals surface area contributed by atoms with Crippen molar-refractivity contribution in [3.05, 3.63) is 65.2 Å². The van der Waals surface area contributed by atoms with Crippen molar-refractivity contribution in [2.24, 2.45) is 5.92 Å². The second kappa shape index (κ2) is 13.0. The number of hydrogen-bond acceptors (Lipinski definition) is 7. The zero-order valence-corrected chi connectivity index (χ0v) is 21.0. The average molecular weight is 507 g/mol. The number of benzene rings is 1. The summed E-state index contributed by atoms with van der Waals surface area (Å²) in [5.74, 6) is 0.118. The maximum absolute atomic E-state index is 13.3. The number of imidazole rings is 1. The molecule has 1 aromatic carbocycles. The van der Waals surface area contributed by atoms with Crippen LogP contribution in [-0.4, -0.2) is 52.7 Å². The van der Waals surface area contributed by atoms with Gasteiger partial charge in [0.1, 0.15) is 4.88 Å². The SMILES string of the molecule is N#Cc1ccc(CCN(C(=O)CC2CCOCC2)c2ncc(C(=O)NCCCn3ccnc3)s2)cc1.